The van der Waals surface area contributed by atoms with E-state index in [9.17, 15) is 0 Å². The van der Waals surface area contributed by atoms with Gasteiger partial charge >= 0.3 is 0 Å². The maximum absolute atomic E-state index is 2.61. The van der Waals surface area contributed by atoms with Crippen LogP contribution in [-0.4, -0.2) is 0 Å². The summed E-state index contributed by atoms with van der Waals surface area (Å²) in [6.45, 7) is 12.1. The zero-order valence-electron chi connectivity index (χ0n) is 14.0. The largest absolute Gasteiger partial charge is 0.0651 e. The van der Waals surface area contributed by atoms with Gasteiger partial charge in [0.15, 0.2) is 0 Å². The van der Waals surface area contributed by atoms with Crippen molar-refractivity contribution in [3.05, 3.63) is 34.4 Å². The van der Waals surface area contributed by atoms with Gasteiger partial charge in [-0.1, -0.05) is 53.2 Å². The number of hydrogen-bond acceptors (Lipinski definition) is 0. The number of fused-ring (bicyclic) bond motifs is 1. The standard InChI is InChI=1S/C20H30/c1-6-7-15-12-17-18(13-16(15)14-8-9-14)20(4,5)11-10-19(17,2)3/h12-14H,6-11H2,1-5H3. The van der Waals surface area contributed by atoms with Crippen molar-refractivity contribution in [3.8, 4) is 0 Å². The van der Waals surface area contributed by atoms with Crippen LogP contribution in [0.1, 0.15) is 94.9 Å². The molecular weight excluding hydrogens is 240 g/mol. The van der Waals surface area contributed by atoms with Gasteiger partial charge in [0.05, 0.1) is 0 Å². The van der Waals surface area contributed by atoms with Crippen molar-refractivity contribution in [2.75, 3.05) is 0 Å². The summed E-state index contributed by atoms with van der Waals surface area (Å²) in [7, 11) is 0. The monoisotopic (exact) mass is 270 g/mol. The Labute approximate surface area is 125 Å². The first kappa shape index (κ1) is 14.2. The zero-order chi connectivity index (χ0) is 14.5. The summed E-state index contributed by atoms with van der Waals surface area (Å²) in [5, 5.41) is 0. The summed E-state index contributed by atoms with van der Waals surface area (Å²) < 4.78 is 0. The van der Waals surface area contributed by atoms with Crippen LogP contribution in [0.3, 0.4) is 0 Å². The van der Waals surface area contributed by atoms with Gasteiger partial charge < -0.3 is 0 Å². The molecule has 0 nitrogen and oxygen atoms in total. The van der Waals surface area contributed by atoms with Crippen LogP contribution in [0, 0.1) is 0 Å². The van der Waals surface area contributed by atoms with Crippen LogP contribution >= 0.6 is 0 Å². The molecule has 0 aliphatic heterocycles. The summed E-state index contributed by atoms with van der Waals surface area (Å²) >= 11 is 0. The topological polar surface area (TPSA) is 0 Å². The van der Waals surface area contributed by atoms with Crippen molar-refractivity contribution >= 4 is 0 Å². The smallest absolute Gasteiger partial charge is 0.0100 e. The Balaban J connectivity index is 2.17. The Morgan fingerprint density at radius 2 is 1.50 bits per heavy atom. The van der Waals surface area contributed by atoms with E-state index in [1.54, 1.807) is 22.3 Å². The van der Waals surface area contributed by atoms with E-state index in [4.69, 9.17) is 0 Å². The minimum Gasteiger partial charge on any atom is -0.0651 e. The second-order valence-electron chi connectivity index (χ2n) is 8.39. The quantitative estimate of drug-likeness (QED) is 0.644. The van der Waals surface area contributed by atoms with Crippen molar-refractivity contribution < 1.29 is 0 Å². The fraction of sp³-hybridized carbons (Fsp3) is 0.700. The second kappa shape index (κ2) is 4.61. The van der Waals surface area contributed by atoms with Gasteiger partial charge in [-0.2, -0.15) is 0 Å². The van der Waals surface area contributed by atoms with E-state index in [0.29, 0.717) is 10.8 Å². The van der Waals surface area contributed by atoms with Crippen LogP contribution in [0.5, 0.6) is 0 Å². The molecule has 0 spiro atoms. The molecule has 0 heteroatoms. The zero-order valence-corrected chi connectivity index (χ0v) is 14.0. The van der Waals surface area contributed by atoms with E-state index in [2.05, 4.69) is 46.8 Å². The van der Waals surface area contributed by atoms with Gasteiger partial charge in [0.1, 0.15) is 0 Å². The highest BCUT2D eigenvalue weighted by Gasteiger charge is 2.38. The number of aryl methyl sites for hydroxylation is 1. The summed E-state index contributed by atoms with van der Waals surface area (Å²) in [5.41, 5.74) is 7.35. The summed E-state index contributed by atoms with van der Waals surface area (Å²) in [6, 6.07) is 5.20. The minimum atomic E-state index is 0.357. The van der Waals surface area contributed by atoms with Gasteiger partial charge in [-0.25, -0.2) is 0 Å². The molecule has 0 N–H and O–H groups in total. The fourth-order valence-corrected chi connectivity index (χ4v) is 3.94. The van der Waals surface area contributed by atoms with Crippen LogP contribution in [-0.2, 0) is 17.3 Å². The molecule has 0 amide bonds. The SMILES string of the molecule is CCCc1cc2c(cc1C1CC1)C(C)(C)CCC2(C)C. The predicted molar refractivity (Wildman–Crippen MR) is 87.7 cm³/mol. The number of benzene rings is 1. The minimum absolute atomic E-state index is 0.357. The lowest BCUT2D eigenvalue weighted by Gasteiger charge is -2.42. The Morgan fingerprint density at radius 3 is 2.00 bits per heavy atom. The van der Waals surface area contributed by atoms with E-state index in [0.717, 1.165) is 5.92 Å². The van der Waals surface area contributed by atoms with Gasteiger partial charge in [0.25, 0.3) is 0 Å². The molecule has 20 heavy (non-hydrogen) atoms. The van der Waals surface area contributed by atoms with Crippen LogP contribution < -0.4 is 0 Å². The first-order valence-corrected chi connectivity index (χ1v) is 8.53. The number of hydrogen-bond donors (Lipinski definition) is 0. The lowest BCUT2D eigenvalue weighted by molar-refractivity contribution is 0.331. The molecule has 0 aromatic heterocycles. The van der Waals surface area contributed by atoms with E-state index in [1.165, 1.54) is 38.5 Å². The maximum atomic E-state index is 2.61. The summed E-state index contributed by atoms with van der Waals surface area (Å²) in [6.07, 6.45) is 8.00. The molecule has 0 unspecified atom stereocenters. The Kier molecular flexibility index (Phi) is 3.27. The second-order valence-corrected chi connectivity index (χ2v) is 8.39. The number of rotatable bonds is 3. The molecule has 1 saturated carbocycles. The third-order valence-electron chi connectivity index (χ3n) is 5.65. The molecule has 0 bridgehead atoms. The molecule has 2 aliphatic carbocycles. The third-order valence-corrected chi connectivity index (χ3v) is 5.65. The highest BCUT2D eigenvalue weighted by molar-refractivity contribution is 5.49. The molecule has 3 rings (SSSR count). The average Bonchev–Trinajstić information content (AvgIpc) is 3.19. The molecule has 0 heterocycles. The normalized spacial score (nSPS) is 23.4. The highest BCUT2D eigenvalue weighted by Crippen LogP contribution is 2.50. The summed E-state index contributed by atoms with van der Waals surface area (Å²) in [5.74, 6) is 0.877. The average molecular weight is 270 g/mol. The Morgan fingerprint density at radius 1 is 0.950 bits per heavy atom. The molecule has 1 aromatic rings. The van der Waals surface area contributed by atoms with Crippen LogP contribution in [0.2, 0.25) is 0 Å². The Bertz CT molecular complexity index is 515. The van der Waals surface area contributed by atoms with Crippen molar-refractivity contribution in [2.45, 2.75) is 89.9 Å². The summed E-state index contributed by atoms with van der Waals surface area (Å²) in [4.78, 5) is 0. The van der Waals surface area contributed by atoms with Gasteiger partial charge in [-0.3, -0.25) is 0 Å². The van der Waals surface area contributed by atoms with Gasteiger partial charge in [-0.15, -0.1) is 0 Å². The van der Waals surface area contributed by atoms with Gasteiger partial charge in [-0.05, 0) is 71.1 Å². The van der Waals surface area contributed by atoms with E-state index < -0.39 is 0 Å². The first-order chi connectivity index (χ1) is 9.35. The van der Waals surface area contributed by atoms with Crippen molar-refractivity contribution in [1.82, 2.24) is 0 Å². The van der Waals surface area contributed by atoms with E-state index in [-0.39, 0.29) is 0 Å². The highest BCUT2D eigenvalue weighted by atomic mass is 14.4. The Hall–Kier alpha value is -0.780. The molecule has 2 aliphatic rings. The van der Waals surface area contributed by atoms with Crippen LogP contribution in [0.25, 0.3) is 0 Å². The van der Waals surface area contributed by atoms with Crippen LogP contribution in [0.15, 0.2) is 12.1 Å². The van der Waals surface area contributed by atoms with Crippen molar-refractivity contribution in [3.63, 3.8) is 0 Å². The predicted octanol–water partition coefficient (Wildman–Crippen LogP) is 5.87. The van der Waals surface area contributed by atoms with Gasteiger partial charge in [0, 0.05) is 0 Å². The molecule has 1 fully saturated rings. The maximum Gasteiger partial charge on any atom is -0.0100 e. The lowest BCUT2D eigenvalue weighted by Crippen LogP contribution is -2.34. The first-order valence-electron chi connectivity index (χ1n) is 8.53. The molecule has 0 atom stereocenters. The molecule has 0 radical (unpaired) electrons. The van der Waals surface area contributed by atoms with E-state index >= 15 is 0 Å². The van der Waals surface area contributed by atoms with Gasteiger partial charge in [0.2, 0.25) is 0 Å². The van der Waals surface area contributed by atoms with Crippen molar-refractivity contribution in [2.24, 2.45) is 0 Å². The fourth-order valence-electron chi connectivity index (χ4n) is 3.94. The molecule has 0 saturated heterocycles. The third kappa shape index (κ3) is 2.32. The van der Waals surface area contributed by atoms with Crippen molar-refractivity contribution in [1.29, 1.82) is 0 Å². The van der Waals surface area contributed by atoms with Crippen LogP contribution in [0.4, 0.5) is 0 Å². The molecule has 1 aromatic carbocycles. The lowest BCUT2D eigenvalue weighted by atomic mass is 9.62. The molecular formula is C20H30. The van der Waals surface area contributed by atoms with E-state index in [1.807, 2.05) is 0 Å². The molecule has 110 valence electrons.